The Labute approximate surface area is 158 Å². The number of carbonyl (C=O) groups is 3. The lowest BCUT2D eigenvalue weighted by Gasteiger charge is -2.40. The molecular weight excluding hydrogens is 348 g/mol. The fourth-order valence-corrected chi connectivity index (χ4v) is 3.61. The Kier molecular flexibility index (Phi) is 5.98. The van der Waals surface area contributed by atoms with Gasteiger partial charge in [0.15, 0.2) is 0 Å². The second-order valence-corrected chi connectivity index (χ2v) is 7.32. The van der Waals surface area contributed by atoms with Crippen molar-refractivity contribution in [3.8, 4) is 5.75 Å². The summed E-state index contributed by atoms with van der Waals surface area (Å²) < 4.78 is 5.56. The van der Waals surface area contributed by atoms with Gasteiger partial charge in [0.2, 0.25) is 11.8 Å². The van der Waals surface area contributed by atoms with E-state index in [0.29, 0.717) is 39.0 Å². The highest BCUT2D eigenvalue weighted by molar-refractivity contribution is 5.89. The lowest BCUT2D eigenvalue weighted by atomic mass is 9.76. The molecular formula is C20H26N2O5. The van der Waals surface area contributed by atoms with Crippen molar-refractivity contribution in [2.24, 2.45) is 5.92 Å². The van der Waals surface area contributed by atoms with Crippen LogP contribution in [-0.4, -0.2) is 53.0 Å². The maximum atomic E-state index is 12.5. The number of carboxylic acids is 1. The number of rotatable bonds is 7. The molecule has 0 radical (unpaired) electrons. The van der Waals surface area contributed by atoms with Crippen molar-refractivity contribution in [3.63, 3.8) is 0 Å². The molecule has 1 saturated carbocycles. The fraction of sp³-hybridized carbons (Fsp3) is 0.550. The largest absolute Gasteiger partial charge is 0.493 e. The minimum Gasteiger partial charge on any atom is -0.493 e. The molecule has 1 aliphatic carbocycles. The van der Waals surface area contributed by atoms with Crippen LogP contribution in [0.25, 0.3) is 0 Å². The van der Waals surface area contributed by atoms with Crippen molar-refractivity contribution >= 4 is 17.8 Å². The van der Waals surface area contributed by atoms with E-state index in [2.05, 4.69) is 5.32 Å². The Hall–Kier alpha value is -2.57. The summed E-state index contributed by atoms with van der Waals surface area (Å²) in [5.41, 5.74) is -1.10. The van der Waals surface area contributed by atoms with Crippen LogP contribution >= 0.6 is 0 Å². The first-order valence-corrected chi connectivity index (χ1v) is 9.51. The maximum Gasteiger partial charge on any atom is 0.329 e. The van der Waals surface area contributed by atoms with Crippen LogP contribution in [0.2, 0.25) is 0 Å². The topological polar surface area (TPSA) is 95.9 Å². The quantitative estimate of drug-likeness (QED) is 0.759. The van der Waals surface area contributed by atoms with Crippen LogP contribution in [0.1, 0.15) is 38.5 Å². The standard InChI is InChI=1S/C20H26N2O5/c23-17(9-13-27-16-7-2-1-3-8-16)22-12-4-6-15(14-22)18(24)21-20(19(25)26)10-5-11-20/h1-3,7-8,15H,4-6,9-14H2,(H,21,24)(H,25,26). The van der Waals surface area contributed by atoms with Gasteiger partial charge in [-0.15, -0.1) is 0 Å². The molecule has 1 aliphatic heterocycles. The van der Waals surface area contributed by atoms with E-state index in [1.165, 1.54) is 0 Å². The van der Waals surface area contributed by atoms with E-state index in [-0.39, 0.29) is 24.2 Å². The third-order valence-corrected chi connectivity index (χ3v) is 5.45. The number of nitrogens with one attached hydrogen (secondary N) is 1. The van der Waals surface area contributed by atoms with E-state index >= 15 is 0 Å². The molecule has 1 unspecified atom stereocenters. The summed E-state index contributed by atoms with van der Waals surface area (Å²) >= 11 is 0. The van der Waals surface area contributed by atoms with Gasteiger partial charge in [-0.25, -0.2) is 4.79 Å². The molecule has 2 fully saturated rings. The molecule has 0 spiro atoms. The van der Waals surface area contributed by atoms with Gasteiger partial charge in [-0.05, 0) is 44.2 Å². The second kappa shape index (κ2) is 8.41. The molecule has 3 rings (SSSR count). The first kappa shape index (κ1) is 19.2. The van der Waals surface area contributed by atoms with Crippen molar-refractivity contribution in [1.29, 1.82) is 0 Å². The van der Waals surface area contributed by atoms with Crippen LogP contribution in [-0.2, 0) is 14.4 Å². The van der Waals surface area contributed by atoms with Crippen molar-refractivity contribution in [2.75, 3.05) is 19.7 Å². The number of likely N-dealkylation sites (tertiary alicyclic amines) is 1. The molecule has 7 nitrogen and oxygen atoms in total. The summed E-state index contributed by atoms with van der Waals surface area (Å²) in [5.74, 6) is -0.894. The number of piperidine rings is 1. The number of carbonyl (C=O) groups excluding carboxylic acids is 2. The number of amides is 2. The summed E-state index contributed by atoms with van der Waals surface area (Å²) in [5, 5.41) is 12.1. The lowest BCUT2D eigenvalue weighted by molar-refractivity contribution is -0.153. The first-order valence-electron chi connectivity index (χ1n) is 9.51. The molecule has 1 saturated heterocycles. The second-order valence-electron chi connectivity index (χ2n) is 7.32. The van der Waals surface area contributed by atoms with E-state index < -0.39 is 11.5 Å². The SMILES string of the molecule is O=C(NC1(C(=O)O)CCC1)C1CCCN(C(=O)CCOc2ccccc2)C1. The van der Waals surface area contributed by atoms with Crippen LogP contribution in [0.5, 0.6) is 5.75 Å². The van der Waals surface area contributed by atoms with Gasteiger partial charge < -0.3 is 20.1 Å². The summed E-state index contributed by atoms with van der Waals surface area (Å²) in [6, 6.07) is 9.32. The van der Waals surface area contributed by atoms with Gasteiger partial charge in [0.05, 0.1) is 18.9 Å². The Morgan fingerprint density at radius 3 is 2.56 bits per heavy atom. The van der Waals surface area contributed by atoms with Crippen LogP contribution in [0.15, 0.2) is 30.3 Å². The van der Waals surface area contributed by atoms with Crippen LogP contribution in [0, 0.1) is 5.92 Å². The minimum atomic E-state index is -1.10. The number of hydrogen-bond donors (Lipinski definition) is 2. The Bertz CT molecular complexity index is 687. The summed E-state index contributed by atoms with van der Waals surface area (Å²) in [6.45, 7) is 1.25. The third-order valence-electron chi connectivity index (χ3n) is 5.45. The van der Waals surface area contributed by atoms with Gasteiger partial charge in [-0.3, -0.25) is 9.59 Å². The fourth-order valence-electron chi connectivity index (χ4n) is 3.61. The number of benzene rings is 1. The van der Waals surface area contributed by atoms with E-state index in [4.69, 9.17) is 4.74 Å². The predicted octanol–water partition coefficient (Wildman–Crippen LogP) is 1.82. The molecule has 0 bridgehead atoms. The average molecular weight is 374 g/mol. The zero-order valence-electron chi connectivity index (χ0n) is 15.4. The zero-order valence-corrected chi connectivity index (χ0v) is 15.4. The molecule has 2 N–H and O–H groups in total. The maximum absolute atomic E-state index is 12.5. The molecule has 1 heterocycles. The van der Waals surface area contributed by atoms with E-state index in [1.807, 2.05) is 30.3 Å². The predicted molar refractivity (Wildman–Crippen MR) is 98.2 cm³/mol. The summed E-state index contributed by atoms with van der Waals surface area (Å²) in [6.07, 6.45) is 3.42. The smallest absolute Gasteiger partial charge is 0.329 e. The molecule has 1 atom stereocenters. The van der Waals surface area contributed by atoms with Crippen molar-refractivity contribution in [1.82, 2.24) is 10.2 Å². The monoisotopic (exact) mass is 374 g/mol. The minimum absolute atomic E-state index is 0.0416. The highest BCUT2D eigenvalue weighted by Gasteiger charge is 2.46. The van der Waals surface area contributed by atoms with E-state index in [9.17, 15) is 19.5 Å². The molecule has 27 heavy (non-hydrogen) atoms. The van der Waals surface area contributed by atoms with Crippen LogP contribution in [0.4, 0.5) is 0 Å². The number of hydrogen-bond acceptors (Lipinski definition) is 4. The third kappa shape index (κ3) is 4.59. The summed E-state index contributed by atoms with van der Waals surface area (Å²) in [7, 11) is 0. The highest BCUT2D eigenvalue weighted by Crippen LogP contribution is 2.33. The van der Waals surface area contributed by atoms with Gasteiger partial charge in [0.1, 0.15) is 11.3 Å². The van der Waals surface area contributed by atoms with E-state index in [1.54, 1.807) is 4.90 Å². The molecule has 1 aromatic carbocycles. The number of ether oxygens (including phenoxy) is 1. The molecule has 2 amide bonds. The molecule has 146 valence electrons. The van der Waals surface area contributed by atoms with Crippen molar-refractivity contribution in [3.05, 3.63) is 30.3 Å². The number of para-hydroxylation sites is 1. The number of aliphatic carboxylic acids is 1. The zero-order chi connectivity index (χ0) is 19.3. The van der Waals surface area contributed by atoms with Gasteiger partial charge in [-0.2, -0.15) is 0 Å². The van der Waals surface area contributed by atoms with Crippen molar-refractivity contribution < 1.29 is 24.2 Å². The van der Waals surface area contributed by atoms with Gasteiger partial charge in [0.25, 0.3) is 0 Å². The molecule has 7 heteroatoms. The molecule has 0 aromatic heterocycles. The Morgan fingerprint density at radius 2 is 1.93 bits per heavy atom. The number of carboxylic acid groups (broad SMARTS) is 1. The normalized spacial score (nSPS) is 21.0. The van der Waals surface area contributed by atoms with Crippen molar-refractivity contribution in [2.45, 2.75) is 44.1 Å². The summed E-state index contributed by atoms with van der Waals surface area (Å²) in [4.78, 5) is 38.1. The number of nitrogens with zero attached hydrogens (tertiary/aromatic N) is 1. The van der Waals surface area contributed by atoms with Gasteiger partial charge >= 0.3 is 5.97 Å². The van der Waals surface area contributed by atoms with Crippen LogP contribution < -0.4 is 10.1 Å². The Balaban J connectivity index is 1.47. The van der Waals surface area contributed by atoms with Gasteiger partial charge in [0, 0.05) is 13.1 Å². The average Bonchev–Trinajstić information content (AvgIpc) is 2.65. The highest BCUT2D eigenvalue weighted by atomic mass is 16.5. The Morgan fingerprint density at radius 1 is 1.19 bits per heavy atom. The first-order chi connectivity index (χ1) is 13.0. The van der Waals surface area contributed by atoms with Crippen LogP contribution in [0.3, 0.4) is 0 Å². The van der Waals surface area contributed by atoms with Gasteiger partial charge in [-0.1, -0.05) is 18.2 Å². The lowest BCUT2D eigenvalue weighted by Crippen LogP contribution is -2.61. The van der Waals surface area contributed by atoms with E-state index in [0.717, 1.165) is 18.6 Å². The molecule has 2 aliphatic rings. The molecule has 1 aromatic rings.